The lowest BCUT2D eigenvalue weighted by molar-refractivity contribution is -0.385. The molecular formula is C14H16F2N2O4. The van der Waals surface area contributed by atoms with Crippen LogP contribution in [0.25, 0.3) is 6.08 Å². The second-order valence-corrected chi connectivity index (χ2v) is 5.37. The third-order valence-corrected chi connectivity index (χ3v) is 2.33. The van der Waals surface area contributed by atoms with E-state index in [9.17, 15) is 23.7 Å². The quantitative estimate of drug-likeness (QED) is 0.682. The lowest BCUT2D eigenvalue weighted by atomic mass is 10.1. The second-order valence-electron chi connectivity index (χ2n) is 5.37. The molecule has 0 radical (unpaired) electrons. The van der Waals surface area contributed by atoms with Gasteiger partial charge in [-0.2, -0.15) is 0 Å². The van der Waals surface area contributed by atoms with Crippen LogP contribution in [0.5, 0.6) is 0 Å². The van der Waals surface area contributed by atoms with Crippen molar-refractivity contribution in [1.29, 1.82) is 0 Å². The van der Waals surface area contributed by atoms with E-state index in [2.05, 4.69) is 5.32 Å². The number of nitrogens with zero attached hydrogens (tertiary/aromatic N) is 1. The van der Waals surface area contributed by atoms with Gasteiger partial charge in [-0.15, -0.1) is 0 Å². The monoisotopic (exact) mass is 314 g/mol. The summed E-state index contributed by atoms with van der Waals surface area (Å²) in [5.74, 6) is -2.49. The van der Waals surface area contributed by atoms with E-state index in [-0.39, 0.29) is 12.1 Å². The average molecular weight is 314 g/mol. The normalized spacial score (nSPS) is 11.5. The predicted molar refractivity (Wildman–Crippen MR) is 76.3 cm³/mol. The van der Waals surface area contributed by atoms with E-state index >= 15 is 0 Å². The van der Waals surface area contributed by atoms with Crippen molar-refractivity contribution in [3.8, 4) is 0 Å². The highest BCUT2D eigenvalue weighted by Crippen LogP contribution is 2.23. The number of ether oxygens (including phenoxy) is 1. The van der Waals surface area contributed by atoms with Gasteiger partial charge < -0.3 is 10.1 Å². The number of amides is 1. The van der Waals surface area contributed by atoms with Crippen LogP contribution in [0.2, 0.25) is 0 Å². The van der Waals surface area contributed by atoms with Crippen molar-refractivity contribution in [3.63, 3.8) is 0 Å². The minimum Gasteiger partial charge on any atom is -0.444 e. The highest BCUT2D eigenvalue weighted by molar-refractivity contribution is 5.68. The van der Waals surface area contributed by atoms with Gasteiger partial charge in [0.25, 0.3) is 5.69 Å². The van der Waals surface area contributed by atoms with E-state index in [1.165, 1.54) is 12.2 Å². The zero-order chi connectivity index (χ0) is 16.9. The fourth-order valence-corrected chi connectivity index (χ4v) is 1.49. The molecule has 0 aliphatic carbocycles. The minimum atomic E-state index is -1.30. The Labute approximate surface area is 125 Å². The van der Waals surface area contributed by atoms with Gasteiger partial charge in [0.1, 0.15) is 5.60 Å². The second kappa shape index (κ2) is 6.97. The number of hydrogen-bond acceptors (Lipinski definition) is 4. The molecule has 1 aromatic rings. The molecule has 6 nitrogen and oxygen atoms in total. The Hall–Kier alpha value is -2.51. The van der Waals surface area contributed by atoms with E-state index in [4.69, 9.17) is 4.74 Å². The third kappa shape index (κ3) is 5.47. The summed E-state index contributed by atoms with van der Waals surface area (Å²) in [4.78, 5) is 21.3. The fraction of sp³-hybridized carbons (Fsp3) is 0.357. The standard InChI is InChI=1S/C14H16F2N2O4/c1-14(2,3)22-13(19)17-6-4-5-9-7-10(15)11(16)8-12(9)18(20)21/h4-5,7-8H,6H2,1-3H3,(H,17,19). The van der Waals surface area contributed by atoms with Crippen molar-refractivity contribution in [2.45, 2.75) is 26.4 Å². The first kappa shape index (κ1) is 17.5. The molecule has 1 amide bonds. The molecule has 0 spiro atoms. The maximum atomic E-state index is 13.1. The van der Waals surface area contributed by atoms with Crippen LogP contribution in [0, 0.1) is 21.7 Å². The Bertz CT molecular complexity index is 610. The van der Waals surface area contributed by atoms with Crippen molar-refractivity contribution in [2.24, 2.45) is 0 Å². The maximum absolute atomic E-state index is 13.1. The molecule has 120 valence electrons. The number of benzene rings is 1. The molecule has 8 heteroatoms. The molecule has 1 aromatic carbocycles. The van der Waals surface area contributed by atoms with Crippen molar-refractivity contribution in [2.75, 3.05) is 6.54 Å². The molecule has 0 heterocycles. The van der Waals surface area contributed by atoms with Gasteiger partial charge in [-0.3, -0.25) is 10.1 Å². The van der Waals surface area contributed by atoms with Crippen LogP contribution in [0.1, 0.15) is 26.3 Å². The van der Waals surface area contributed by atoms with E-state index in [1.807, 2.05) is 0 Å². The first-order valence-corrected chi connectivity index (χ1v) is 6.37. The summed E-state index contributed by atoms with van der Waals surface area (Å²) in [5.41, 5.74) is -1.31. The van der Waals surface area contributed by atoms with Gasteiger partial charge in [0.15, 0.2) is 11.6 Å². The summed E-state index contributed by atoms with van der Waals surface area (Å²) in [6.07, 6.45) is 1.93. The number of carbonyl (C=O) groups is 1. The number of alkyl carbamates (subject to hydrolysis) is 1. The van der Waals surface area contributed by atoms with Gasteiger partial charge in [-0.05, 0) is 26.8 Å². The molecule has 0 aromatic heterocycles. The van der Waals surface area contributed by atoms with Gasteiger partial charge in [0.05, 0.1) is 16.6 Å². The summed E-state index contributed by atoms with van der Waals surface area (Å²) in [6, 6.07) is 1.23. The zero-order valence-electron chi connectivity index (χ0n) is 12.4. The highest BCUT2D eigenvalue weighted by atomic mass is 19.2. The molecular weight excluding hydrogens is 298 g/mol. The van der Waals surface area contributed by atoms with Gasteiger partial charge in [0, 0.05) is 6.54 Å². The number of rotatable bonds is 4. The summed E-state index contributed by atoms with van der Waals surface area (Å²) >= 11 is 0. The highest BCUT2D eigenvalue weighted by Gasteiger charge is 2.17. The number of hydrogen-bond donors (Lipinski definition) is 1. The topological polar surface area (TPSA) is 81.5 Å². The Kier molecular flexibility index (Phi) is 5.56. The molecule has 0 unspecified atom stereocenters. The molecule has 0 aliphatic rings. The molecule has 1 N–H and O–H groups in total. The smallest absolute Gasteiger partial charge is 0.407 e. The van der Waals surface area contributed by atoms with E-state index in [0.29, 0.717) is 6.07 Å². The van der Waals surface area contributed by atoms with Crippen LogP contribution in [-0.4, -0.2) is 23.2 Å². The molecule has 22 heavy (non-hydrogen) atoms. The third-order valence-electron chi connectivity index (χ3n) is 2.33. The van der Waals surface area contributed by atoms with Crippen LogP contribution in [-0.2, 0) is 4.74 Å². The minimum absolute atomic E-state index is 0.0189. The Balaban J connectivity index is 2.73. The van der Waals surface area contributed by atoms with Gasteiger partial charge >= 0.3 is 6.09 Å². The van der Waals surface area contributed by atoms with E-state index < -0.39 is 33.9 Å². The molecule has 0 saturated carbocycles. The number of halogens is 2. The van der Waals surface area contributed by atoms with Crippen LogP contribution in [0.3, 0.4) is 0 Å². The lowest BCUT2D eigenvalue weighted by Gasteiger charge is -2.19. The van der Waals surface area contributed by atoms with E-state index in [1.54, 1.807) is 20.8 Å². The van der Waals surface area contributed by atoms with Crippen LogP contribution >= 0.6 is 0 Å². The fourth-order valence-electron chi connectivity index (χ4n) is 1.49. The maximum Gasteiger partial charge on any atom is 0.407 e. The van der Waals surface area contributed by atoms with Crippen LogP contribution in [0.15, 0.2) is 18.2 Å². The molecule has 0 aliphatic heterocycles. The van der Waals surface area contributed by atoms with Gasteiger partial charge in [-0.1, -0.05) is 12.2 Å². The Morgan fingerprint density at radius 3 is 2.50 bits per heavy atom. The average Bonchev–Trinajstić information content (AvgIpc) is 2.35. The number of nitro groups is 1. The first-order chi connectivity index (χ1) is 10.1. The van der Waals surface area contributed by atoms with Gasteiger partial charge in [0.2, 0.25) is 0 Å². The van der Waals surface area contributed by atoms with Crippen molar-refractivity contribution in [1.82, 2.24) is 5.32 Å². The molecule has 0 atom stereocenters. The summed E-state index contributed by atoms with van der Waals surface area (Å²) in [7, 11) is 0. The molecule has 1 rings (SSSR count). The van der Waals surface area contributed by atoms with Crippen LogP contribution < -0.4 is 5.32 Å². The molecule has 0 saturated heterocycles. The van der Waals surface area contributed by atoms with Gasteiger partial charge in [-0.25, -0.2) is 13.6 Å². The number of nitro benzene ring substituents is 1. The predicted octanol–water partition coefficient (Wildman–Crippen LogP) is 3.41. The van der Waals surface area contributed by atoms with Crippen molar-refractivity contribution >= 4 is 17.9 Å². The summed E-state index contributed by atoms with van der Waals surface area (Å²) in [6.45, 7) is 5.12. The summed E-state index contributed by atoms with van der Waals surface area (Å²) < 4.78 is 31.1. The largest absolute Gasteiger partial charge is 0.444 e. The SMILES string of the molecule is CC(C)(C)OC(=O)NCC=Cc1cc(F)c(F)cc1[N+](=O)[O-]. The van der Waals surface area contributed by atoms with Crippen molar-refractivity contribution < 1.29 is 23.2 Å². The number of carbonyl (C=O) groups excluding carboxylic acids is 1. The number of nitrogens with one attached hydrogen (secondary N) is 1. The first-order valence-electron chi connectivity index (χ1n) is 6.37. The molecule has 0 bridgehead atoms. The lowest BCUT2D eigenvalue weighted by Crippen LogP contribution is -2.32. The summed E-state index contributed by atoms with van der Waals surface area (Å²) in [5, 5.41) is 13.2. The zero-order valence-corrected chi connectivity index (χ0v) is 12.4. The van der Waals surface area contributed by atoms with Crippen molar-refractivity contribution in [3.05, 3.63) is 45.5 Å². The van der Waals surface area contributed by atoms with Crippen LogP contribution in [0.4, 0.5) is 19.3 Å². The Morgan fingerprint density at radius 2 is 1.95 bits per heavy atom. The van der Waals surface area contributed by atoms with E-state index in [0.717, 1.165) is 6.07 Å². The molecule has 0 fully saturated rings. The Morgan fingerprint density at radius 1 is 1.36 bits per heavy atom.